The first-order valence-corrected chi connectivity index (χ1v) is 12.5. The number of carbonyl (C=O) groups is 1. The molecule has 0 aliphatic heterocycles. The first-order valence-electron chi connectivity index (χ1n) is 12.5. The number of aromatic hydroxyl groups is 1. The van der Waals surface area contributed by atoms with Gasteiger partial charge in [-0.1, -0.05) is 113 Å². The SMILES string of the molecule is CCCCCCCCCCCCNC(=O)[C@H](Cc1ccccc1)NCc1ccccc1O. The highest BCUT2D eigenvalue weighted by molar-refractivity contribution is 5.82. The molecule has 0 radical (unpaired) electrons. The van der Waals surface area contributed by atoms with Gasteiger partial charge in [-0.2, -0.15) is 0 Å². The Morgan fingerprint density at radius 3 is 2.06 bits per heavy atom. The van der Waals surface area contributed by atoms with Crippen LogP contribution in [0, 0.1) is 0 Å². The number of carbonyl (C=O) groups excluding carboxylic acids is 1. The molecule has 0 spiro atoms. The highest BCUT2D eigenvalue weighted by atomic mass is 16.3. The average Bonchev–Trinajstić information content (AvgIpc) is 2.81. The van der Waals surface area contributed by atoms with E-state index >= 15 is 0 Å². The summed E-state index contributed by atoms with van der Waals surface area (Å²) in [6.07, 6.45) is 13.5. The normalized spacial score (nSPS) is 11.9. The molecule has 0 heterocycles. The molecule has 0 saturated carbocycles. The Morgan fingerprint density at radius 1 is 0.812 bits per heavy atom. The summed E-state index contributed by atoms with van der Waals surface area (Å²) in [7, 11) is 0. The third-order valence-corrected chi connectivity index (χ3v) is 5.96. The Bertz CT molecular complexity index is 748. The van der Waals surface area contributed by atoms with E-state index < -0.39 is 0 Å². The van der Waals surface area contributed by atoms with Crippen molar-refractivity contribution in [3.63, 3.8) is 0 Å². The molecule has 4 nitrogen and oxygen atoms in total. The van der Waals surface area contributed by atoms with Gasteiger partial charge in [-0.15, -0.1) is 0 Å². The smallest absolute Gasteiger partial charge is 0.237 e. The lowest BCUT2D eigenvalue weighted by Gasteiger charge is -2.19. The van der Waals surface area contributed by atoms with Crippen LogP contribution in [-0.4, -0.2) is 23.6 Å². The molecular formula is C28H42N2O2. The van der Waals surface area contributed by atoms with E-state index in [0.717, 1.165) is 24.1 Å². The molecule has 2 aromatic rings. The summed E-state index contributed by atoms with van der Waals surface area (Å²) >= 11 is 0. The maximum Gasteiger partial charge on any atom is 0.237 e. The molecule has 0 saturated heterocycles. The molecule has 3 N–H and O–H groups in total. The van der Waals surface area contributed by atoms with Crippen molar-refractivity contribution >= 4 is 5.91 Å². The summed E-state index contributed by atoms with van der Waals surface area (Å²) in [6, 6.07) is 17.0. The highest BCUT2D eigenvalue weighted by Gasteiger charge is 2.18. The summed E-state index contributed by atoms with van der Waals surface area (Å²) in [4.78, 5) is 12.9. The monoisotopic (exact) mass is 438 g/mol. The zero-order chi connectivity index (χ0) is 22.9. The second kappa shape index (κ2) is 16.3. The van der Waals surface area contributed by atoms with E-state index in [-0.39, 0.29) is 17.7 Å². The predicted octanol–water partition coefficient (Wildman–Crippen LogP) is 6.13. The number of amides is 1. The quantitative estimate of drug-likeness (QED) is 0.260. The lowest BCUT2D eigenvalue weighted by molar-refractivity contribution is -0.123. The zero-order valence-corrected chi connectivity index (χ0v) is 19.8. The first kappa shape index (κ1) is 25.9. The number of unbranched alkanes of at least 4 members (excludes halogenated alkanes) is 9. The van der Waals surface area contributed by atoms with Crippen LogP contribution in [0.4, 0.5) is 0 Å². The number of para-hydroxylation sites is 1. The van der Waals surface area contributed by atoms with Crippen LogP contribution in [0.15, 0.2) is 54.6 Å². The molecule has 0 bridgehead atoms. The lowest BCUT2D eigenvalue weighted by atomic mass is 10.0. The van der Waals surface area contributed by atoms with E-state index in [1.165, 1.54) is 57.8 Å². The number of hydrogen-bond donors (Lipinski definition) is 3. The maximum absolute atomic E-state index is 12.9. The number of rotatable bonds is 17. The number of phenolic OH excluding ortho intramolecular Hbond substituents is 1. The van der Waals surface area contributed by atoms with E-state index in [1.807, 2.05) is 42.5 Å². The lowest BCUT2D eigenvalue weighted by Crippen LogP contribution is -2.45. The number of nitrogens with one attached hydrogen (secondary N) is 2. The molecular weight excluding hydrogens is 396 g/mol. The van der Waals surface area contributed by atoms with Crippen molar-refractivity contribution in [2.45, 2.75) is 90.1 Å². The highest BCUT2D eigenvalue weighted by Crippen LogP contribution is 2.16. The Kier molecular flexibility index (Phi) is 13.2. The molecule has 2 rings (SSSR count). The van der Waals surface area contributed by atoms with E-state index in [4.69, 9.17) is 0 Å². The van der Waals surface area contributed by atoms with Crippen molar-refractivity contribution < 1.29 is 9.90 Å². The summed E-state index contributed by atoms with van der Waals surface area (Å²) in [5, 5.41) is 16.5. The van der Waals surface area contributed by atoms with Crippen molar-refractivity contribution in [3.05, 3.63) is 65.7 Å². The molecule has 0 fully saturated rings. The van der Waals surface area contributed by atoms with Crippen LogP contribution in [0.25, 0.3) is 0 Å². The van der Waals surface area contributed by atoms with E-state index in [1.54, 1.807) is 12.1 Å². The van der Waals surface area contributed by atoms with Crippen LogP contribution < -0.4 is 10.6 Å². The standard InChI is InChI=1S/C28H42N2O2/c1-2-3-4-5-6-7-8-9-10-16-21-29-28(32)26(22-24-17-12-11-13-18-24)30-23-25-19-14-15-20-27(25)31/h11-15,17-20,26,30-31H,2-10,16,21-23H2,1H3,(H,29,32)/t26-/m0/s1. The third-order valence-electron chi connectivity index (χ3n) is 5.96. The molecule has 0 aliphatic rings. The number of benzene rings is 2. The number of hydrogen-bond acceptors (Lipinski definition) is 3. The van der Waals surface area contributed by atoms with Crippen LogP contribution in [0.2, 0.25) is 0 Å². The average molecular weight is 439 g/mol. The summed E-state index contributed by atoms with van der Waals surface area (Å²) in [5.41, 5.74) is 1.92. The van der Waals surface area contributed by atoms with Gasteiger partial charge in [0, 0.05) is 18.7 Å². The fourth-order valence-electron chi connectivity index (χ4n) is 3.95. The minimum absolute atomic E-state index is 0.0280. The number of phenols is 1. The van der Waals surface area contributed by atoms with Crippen LogP contribution in [-0.2, 0) is 17.8 Å². The van der Waals surface area contributed by atoms with Gasteiger partial charge in [0.05, 0.1) is 6.04 Å². The Labute approximate surface area is 194 Å². The molecule has 0 unspecified atom stereocenters. The maximum atomic E-state index is 12.9. The molecule has 1 atom stereocenters. The molecule has 2 aromatic carbocycles. The minimum atomic E-state index is -0.333. The van der Waals surface area contributed by atoms with Crippen molar-refractivity contribution in [2.24, 2.45) is 0 Å². The van der Waals surface area contributed by atoms with Crippen LogP contribution in [0.3, 0.4) is 0 Å². The molecule has 0 aliphatic carbocycles. The molecule has 0 aromatic heterocycles. The van der Waals surface area contributed by atoms with Crippen LogP contribution >= 0.6 is 0 Å². The molecule has 4 heteroatoms. The van der Waals surface area contributed by atoms with Gasteiger partial charge < -0.3 is 15.7 Å². The van der Waals surface area contributed by atoms with Crippen molar-refractivity contribution in [3.8, 4) is 5.75 Å². The summed E-state index contributed by atoms with van der Waals surface area (Å²) in [6.45, 7) is 3.43. The zero-order valence-electron chi connectivity index (χ0n) is 19.8. The topological polar surface area (TPSA) is 61.4 Å². The van der Waals surface area contributed by atoms with E-state index in [9.17, 15) is 9.90 Å². The molecule has 32 heavy (non-hydrogen) atoms. The second-order valence-corrected chi connectivity index (χ2v) is 8.72. The van der Waals surface area contributed by atoms with E-state index in [2.05, 4.69) is 17.6 Å². The first-order chi connectivity index (χ1) is 15.7. The third kappa shape index (κ3) is 10.8. The van der Waals surface area contributed by atoms with Crippen molar-refractivity contribution in [2.75, 3.05) is 6.54 Å². The van der Waals surface area contributed by atoms with Gasteiger partial charge in [-0.3, -0.25) is 4.79 Å². The van der Waals surface area contributed by atoms with Crippen LogP contribution in [0.5, 0.6) is 5.75 Å². The molecule has 1 amide bonds. The van der Waals surface area contributed by atoms with Gasteiger partial charge in [0.1, 0.15) is 5.75 Å². The second-order valence-electron chi connectivity index (χ2n) is 8.72. The van der Waals surface area contributed by atoms with Gasteiger partial charge in [-0.25, -0.2) is 0 Å². The summed E-state index contributed by atoms with van der Waals surface area (Å²) in [5.74, 6) is 0.282. The van der Waals surface area contributed by atoms with Gasteiger partial charge in [0.2, 0.25) is 5.91 Å². The summed E-state index contributed by atoms with van der Waals surface area (Å²) < 4.78 is 0. The Balaban J connectivity index is 1.70. The van der Waals surface area contributed by atoms with Gasteiger partial charge in [0.15, 0.2) is 0 Å². The largest absolute Gasteiger partial charge is 0.508 e. The minimum Gasteiger partial charge on any atom is -0.508 e. The fourth-order valence-corrected chi connectivity index (χ4v) is 3.95. The Morgan fingerprint density at radius 2 is 1.41 bits per heavy atom. The fraction of sp³-hybridized carbons (Fsp3) is 0.536. The van der Waals surface area contributed by atoms with Crippen molar-refractivity contribution in [1.29, 1.82) is 0 Å². The Hall–Kier alpha value is -2.33. The van der Waals surface area contributed by atoms with Crippen molar-refractivity contribution in [1.82, 2.24) is 10.6 Å². The molecule has 176 valence electrons. The predicted molar refractivity (Wildman–Crippen MR) is 134 cm³/mol. The van der Waals surface area contributed by atoms with Gasteiger partial charge in [-0.05, 0) is 24.5 Å². The van der Waals surface area contributed by atoms with Gasteiger partial charge >= 0.3 is 0 Å². The van der Waals surface area contributed by atoms with E-state index in [0.29, 0.717) is 13.0 Å². The van der Waals surface area contributed by atoms with Crippen LogP contribution in [0.1, 0.15) is 82.3 Å². The van der Waals surface area contributed by atoms with Gasteiger partial charge in [0.25, 0.3) is 0 Å².